The molecule has 0 saturated heterocycles. The van der Waals surface area contributed by atoms with E-state index < -0.39 is 5.97 Å². The first-order chi connectivity index (χ1) is 14.9. The number of aromatic nitrogens is 1. The molecule has 3 atom stereocenters. The number of aromatic carboxylic acids is 1. The number of carboxylic acids is 1. The van der Waals surface area contributed by atoms with Crippen LogP contribution in [-0.2, 0) is 12.8 Å². The molecule has 2 aliphatic carbocycles. The maximum atomic E-state index is 11.6. The maximum Gasteiger partial charge on any atom is 0.335 e. The molecule has 0 amide bonds. The molecule has 0 fully saturated rings. The maximum absolute atomic E-state index is 11.6. The van der Waals surface area contributed by atoms with Crippen LogP contribution < -0.4 is 0 Å². The van der Waals surface area contributed by atoms with E-state index in [4.69, 9.17) is 0 Å². The minimum Gasteiger partial charge on any atom is -0.478 e. The Morgan fingerprint density at radius 2 is 2.16 bits per heavy atom. The van der Waals surface area contributed by atoms with Crippen molar-refractivity contribution in [1.82, 2.24) is 4.57 Å². The third-order valence-electron chi connectivity index (χ3n) is 7.51. The molecular formula is C28H33NO2. The van der Waals surface area contributed by atoms with Gasteiger partial charge < -0.3 is 9.67 Å². The number of rotatable bonds is 6. The zero-order valence-electron chi connectivity index (χ0n) is 18.9. The molecule has 3 heteroatoms. The third-order valence-corrected chi connectivity index (χ3v) is 7.51. The second-order valence-electron chi connectivity index (χ2n) is 9.43. The zero-order chi connectivity index (χ0) is 22.2. The Labute approximate surface area is 185 Å². The van der Waals surface area contributed by atoms with Gasteiger partial charge >= 0.3 is 5.97 Å². The lowest BCUT2D eigenvalue weighted by molar-refractivity contribution is 0.0697. The van der Waals surface area contributed by atoms with Crippen LogP contribution in [0.3, 0.4) is 0 Å². The van der Waals surface area contributed by atoms with Crippen molar-refractivity contribution in [2.24, 2.45) is 17.3 Å². The fourth-order valence-electron chi connectivity index (χ4n) is 5.09. The molecule has 3 nitrogen and oxygen atoms in total. The van der Waals surface area contributed by atoms with Gasteiger partial charge in [-0.05, 0) is 84.8 Å². The van der Waals surface area contributed by atoms with Gasteiger partial charge in [0.1, 0.15) is 0 Å². The van der Waals surface area contributed by atoms with Crippen LogP contribution in [0.1, 0.15) is 67.3 Å². The van der Waals surface area contributed by atoms with E-state index in [1.807, 2.05) is 12.1 Å². The van der Waals surface area contributed by atoms with Gasteiger partial charge in [0.25, 0.3) is 0 Å². The first-order valence-electron chi connectivity index (χ1n) is 11.5. The number of hydrogen-bond donors (Lipinski definition) is 1. The van der Waals surface area contributed by atoms with E-state index in [9.17, 15) is 9.90 Å². The summed E-state index contributed by atoms with van der Waals surface area (Å²) in [6, 6.07) is 9.68. The number of fused-ring (bicyclic) bond motifs is 1. The van der Waals surface area contributed by atoms with Gasteiger partial charge in [0, 0.05) is 11.4 Å². The number of carbonyl (C=O) groups is 1. The predicted molar refractivity (Wildman–Crippen MR) is 128 cm³/mol. The lowest BCUT2D eigenvalue weighted by Gasteiger charge is -2.37. The van der Waals surface area contributed by atoms with E-state index in [0.717, 1.165) is 37.8 Å². The van der Waals surface area contributed by atoms with Crippen LogP contribution in [0, 0.1) is 17.3 Å². The highest BCUT2D eigenvalue weighted by atomic mass is 16.4. The van der Waals surface area contributed by atoms with Gasteiger partial charge in [0.15, 0.2) is 0 Å². The van der Waals surface area contributed by atoms with Gasteiger partial charge in [-0.1, -0.05) is 51.1 Å². The standard InChI is InChI=1S/C28H33NO2/c1-5-28(4,6-2)23-14-15-25-22(16-23)18-26(20-12-10-19(3)11-13-20)29(25)24-9-7-8-21(17-24)27(30)31/h5,7-10,12-13,17-19,23H,1,6,11,14-16H2,2-4H3,(H,30,31). The summed E-state index contributed by atoms with van der Waals surface area (Å²) in [4.78, 5) is 11.6. The molecule has 0 radical (unpaired) electrons. The molecule has 4 rings (SSSR count). The largest absolute Gasteiger partial charge is 0.478 e. The third kappa shape index (κ3) is 3.94. The fraction of sp³-hybridized carbons (Fsp3) is 0.393. The molecule has 3 unspecified atom stereocenters. The van der Waals surface area contributed by atoms with Crippen LogP contribution in [0.2, 0.25) is 0 Å². The molecule has 2 aromatic rings. The molecule has 31 heavy (non-hydrogen) atoms. The van der Waals surface area contributed by atoms with E-state index in [-0.39, 0.29) is 5.41 Å². The number of benzene rings is 1. The minimum absolute atomic E-state index is 0.141. The summed E-state index contributed by atoms with van der Waals surface area (Å²) in [5.74, 6) is 0.242. The predicted octanol–water partition coefficient (Wildman–Crippen LogP) is 6.86. The number of carboxylic acid groups (broad SMARTS) is 1. The Morgan fingerprint density at radius 1 is 1.35 bits per heavy atom. The SMILES string of the molecule is C=CC(C)(CC)C1CCc2c(cc(C3=CCC(C)C=C3)n2-c2cccc(C(=O)O)c2)C1. The van der Waals surface area contributed by atoms with Gasteiger partial charge in [-0.15, -0.1) is 6.58 Å². The summed E-state index contributed by atoms with van der Waals surface area (Å²) < 4.78 is 2.31. The minimum atomic E-state index is -0.889. The van der Waals surface area contributed by atoms with Gasteiger partial charge in [-0.25, -0.2) is 4.79 Å². The summed E-state index contributed by atoms with van der Waals surface area (Å²) in [7, 11) is 0. The monoisotopic (exact) mass is 415 g/mol. The Bertz CT molecular complexity index is 1070. The highest BCUT2D eigenvalue weighted by Crippen LogP contribution is 2.43. The summed E-state index contributed by atoms with van der Waals surface area (Å²) in [6.07, 6.45) is 14.2. The molecule has 0 spiro atoms. The first kappa shape index (κ1) is 21.4. The van der Waals surface area contributed by atoms with Crippen molar-refractivity contribution < 1.29 is 9.90 Å². The molecule has 162 valence electrons. The van der Waals surface area contributed by atoms with E-state index >= 15 is 0 Å². The van der Waals surface area contributed by atoms with Gasteiger partial charge in [0.2, 0.25) is 0 Å². The second-order valence-corrected chi connectivity index (χ2v) is 9.43. The number of hydrogen-bond acceptors (Lipinski definition) is 1. The molecule has 2 aliphatic rings. The quantitative estimate of drug-likeness (QED) is 0.524. The first-order valence-corrected chi connectivity index (χ1v) is 11.5. The molecule has 1 aromatic carbocycles. The molecule has 1 aromatic heterocycles. The van der Waals surface area contributed by atoms with Crippen molar-refractivity contribution in [3.63, 3.8) is 0 Å². The molecule has 0 aliphatic heterocycles. The van der Waals surface area contributed by atoms with Crippen molar-refractivity contribution in [3.8, 4) is 5.69 Å². The van der Waals surface area contributed by atoms with Crippen molar-refractivity contribution >= 4 is 11.5 Å². The summed E-state index contributed by atoms with van der Waals surface area (Å²) >= 11 is 0. The van der Waals surface area contributed by atoms with Gasteiger partial charge in [-0.2, -0.15) is 0 Å². The van der Waals surface area contributed by atoms with Crippen LogP contribution in [0.15, 0.2) is 61.2 Å². The van der Waals surface area contributed by atoms with Crippen LogP contribution >= 0.6 is 0 Å². The molecule has 1 N–H and O–H groups in total. The van der Waals surface area contributed by atoms with Crippen LogP contribution in [-0.4, -0.2) is 15.6 Å². The van der Waals surface area contributed by atoms with Crippen molar-refractivity contribution in [2.45, 2.75) is 52.9 Å². The smallest absolute Gasteiger partial charge is 0.335 e. The van der Waals surface area contributed by atoms with E-state index in [1.165, 1.54) is 22.5 Å². The Morgan fingerprint density at radius 3 is 2.81 bits per heavy atom. The number of nitrogens with zero attached hydrogens (tertiary/aromatic N) is 1. The van der Waals surface area contributed by atoms with Gasteiger partial charge in [0.05, 0.1) is 11.3 Å². The normalized spacial score (nSPS) is 22.4. The van der Waals surface area contributed by atoms with E-state index in [2.05, 4.69) is 62.3 Å². The van der Waals surface area contributed by atoms with Crippen LogP contribution in [0.4, 0.5) is 0 Å². The fourth-order valence-corrected chi connectivity index (χ4v) is 5.09. The highest BCUT2D eigenvalue weighted by molar-refractivity contribution is 5.88. The Kier molecular flexibility index (Phi) is 5.79. The number of allylic oxidation sites excluding steroid dienone is 5. The lowest BCUT2D eigenvalue weighted by atomic mass is 9.68. The van der Waals surface area contributed by atoms with Crippen molar-refractivity contribution in [1.29, 1.82) is 0 Å². The van der Waals surface area contributed by atoms with Gasteiger partial charge in [-0.3, -0.25) is 0 Å². The summed E-state index contributed by atoms with van der Waals surface area (Å²) in [6.45, 7) is 10.9. The zero-order valence-corrected chi connectivity index (χ0v) is 18.9. The van der Waals surface area contributed by atoms with E-state index in [0.29, 0.717) is 17.4 Å². The van der Waals surface area contributed by atoms with Crippen molar-refractivity contribution in [2.75, 3.05) is 0 Å². The van der Waals surface area contributed by atoms with Crippen molar-refractivity contribution in [3.05, 3.63) is 83.7 Å². The molecule has 0 saturated carbocycles. The molecular weight excluding hydrogens is 382 g/mol. The molecule has 0 bridgehead atoms. The van der Waals surface area contributed by atoms with Crippen LogP contribution in [0.5, 0.6) is 0 Å². The lowest BCUT2D eigenvalue weighted by Crippen LogP contribution is -2.30. The summed E-state index contributed by atoms with van der Waals surface area (Å²) in [5, 5.41) is 9.53. The topological polar surface area (TPSA) is 42.2 Å². The average molecular weight is 416 g/mol. The summed E-state index contributed by atoms with van der Waals surface area (Å²) in [5.41, 5.74) is 6.52. The second kappa shape index (κ2) is 8.37. The van der Waals surface area contributed by atoms with E-state index in [1.54, 1.807) is 12.1 Å². The average Bonchev–Trinajstić information content (AvgIpc) is 3.17. The molecule has 1 heterocycles. The highest BCUT2D eigenvalue weighted by Gasteiger charge is 2.34. The Balaban J connectivity index is 1.84. The van der Waals surface area contributed by atoms with Crippen LogP contribution in [0.25, 0.3) is 11.3 Å². The Hall–Kier alpha value is -2.81.